The summed E-state index contributed by atoms with van der Waals surface area (Å²) in [5.74, 6) is 1.95. The molecule has 3 heterocycles. The van der Waals surface area contributed by atoms with Gasteiger partial charge >= 0.3 is 0 Å². The van der Waals surface area contributed by atoms with Crippen LogP contribution in [0.2, 0.25) is 0 Å². The molecule has 0 saturated heterocycles. The van der Waals surface area contributed by atoms with Gasteiger partial charge in [0.1, 0.15) is 0 Å². The zero-order valence-corrected chi connectivity index (χ0v) is 41.7. The molecule has 5 nitrogen and oxygen atoms in total. The Labute approximate surface area is 400 Å². The molecule has 10 aromatic rings. The first-order chi connectivity index (χ1) is 32.3. The van der Waals surface area contributed by atoms with Crippen LogP contribution in [0.25, 0.3) is 89.2 Å². The maximum absolute atomic E-state index is 5.41. The zero-order chi connectivity index (χ0) is 47.5. The van der Waals surface area contributed by atoms with Crippen LogP contribution in [0.15, 0.2) is 152 Å². The van der Waals surface area contributed by atoms with E-state index in [4.69, 9.17) is 15.0 Å². The Morgan fingerprint density at radius 2 is 0.603 bits per heavy atom. The molecule has 0 fully saturated rings. The van der Waals surface area contributed by atoms with Crippen molar-refractivity contribution in [2.24, 2.45) is 10.8 Å². The molecule has 2 aliphatic carbocycles. The van der Waals surface area contributed by atoms with Crippen molar-refractivity contribution in [2.75, 3.05) is 0 Å². The van der Waals surface area contributed by atoms with Gasteiger partial charge in [-0.25, -0.2) is 15.0 Å². The van der Waals surface area contributed by atoms with Crippen LogP contribution >= 0.6 is 0 Å². The number of para-hydroxylation sites is 2. The van der Waals surface area contributed by atoms with Gasteiger partial charge in [0, 0.05) is 49.6 Å². The molecule has 0 saturated carbocycles. The molecular formula is C63H61N5. The Morgan fingerprint density at radius 1 is 0.294 bits per heavy atom. The summed E-state index contributed by atoms with van der Waals surface area (Å²) >= 11 is 0. The molecular weight excluding hydrogens is 827 g/mol. The van der Waals surface area contributed by atoms with Crippen molar-refractivity contribution in [1.82, 2.24) is 24.1 Å². The smallest absolute Gasteiger partial charge is 0.164 e. The Morgan fingerprint density at radius 3 is 0.971 bits per heavy atom. The van der Waals surface area contributed by atoms with Gasteiger partial charge in [-0.05, 0) is 140 Å². The van der Waals surface area contributed by atoms with Gasteiger partial charge in [0.05, 0.1) is 22.1 Å². The van der Waals surface area contributed by atoms with E-state index in [0.717, 1.165) is 39.1 Å². The van der Waals surface area contributed by atoms with Crippen LogP contribution < -0.4 is 0 Å². The van der Waals surface area contributed by atoms with Crippen LogP contribution in [0.1, 0.15) is 105 Å². The van der Waals surface area contributed by atoms with E-state index < -0.39 is 0 Å². The third-order valence-corrected chi connectivity index (χ3v) is 19.0. The summed E-state index contributed by atoms with van der Waals surface area (Å²) in [6.45, 7) is 29.2. The first kappa shape index (κ1) is 42.5. The molecule has 0 radical (unpaired) electrons. The molecule has 338 valence electrons. The Kier molecular flexibility index (Phi) is 8.67. The average molecular weight is 888 g/mol. The molecule has 2 aliphatic rings. The second-order valence-corrected chi connectivity index (χ2v) is 23.1. The van der Waals surface area contributed by atoms with E-state index in [0.29, 0.717) is 17.5 Å². The van der Waals surface area contributed by atoms with Gasteiger partial charge in [-0.2, -0.15) is 0 Å². The number of hydrogen-bond acceptors (Lipinski definition) is 3. The minimum absolute atomic E-state index is 0.0256. The fourth-order valence-electron chi connectivity index (χ4n) is 12.4. The lowest BCUT2D eigenvalue weighted by molar-refractivity contribution is 0.125. The van der Waals surface area contributed by atoms with Crippen LogP contribution in [0.3, 0.4) is 0 Å². The number of nitrogens with zero attached hydrogens (tertiary/aromatic N) is 5. The molecule has 0 amide bonds. The highest BCUT2D eigenvalue weighted by Gasteiger charge is 2.58. The maximum Gasteiger partial charge on any atom is 0.164 e. The van der Waals surface area contributed by atoms with E-state index in [2.05, 4.69) is 238 Å². The topological polar surface area (TPSA) is 48.5 Å². The number of fused-ring (bicyclic) bond motifs is 8. The highest BCUT2D eigenvalue weighted by Crippen LogP contribution is 2.64. The molecule has 0 atom stereocenters. The minimum Gasteiger partial charge on any atom is -0.309 e. The van der Waals surface area contributed by atoms with Crippen LogP contribution in [0.4, 0.5) is 0 Å². The van der Waals surface area contributed by atoms with Gasteiger partial charge < -0.3 is 9.13 Å². The van der Waals surface area contributed by atoms with Gasteiger partial charge in [-0.15, -0.1) is 0 Å². The lowest BCUT2D eigenvalue weighted by Crippen LogP contribution is -2.42. The average Bonchev–Trinajstić information content (AvgIpc) is 3.90. The quantitative estimate of drug-likeness (QED) is 0.173. The number of benzene rings is 7. The molecule has 0 aliphatic heterocycles. The normalized spacial score (nSPS) is 18.1. The van der Waals surface area contributed by atoms with Crippen molar-refractivity contribution in [3.8, 4) is 45.5 Å². The molecule has 0 spiro atoms. The first-order valence-corrected chi connectivity index (χ1v) is 24.5. The molecule has 3 aromatic heterocycles. The molecule has 0 unspecified atom stereocenters. The molecule has 12 rings (SSSR count). The van der Waals surface area contributed by atoms with Crippen molar-refractivity contribution in [2.45, 2.75) is 105 Å². The van der Waals surface area contributed by atoms with E-state index in [-0.39, 0.29) is 32.5 Å². The second kappa shape index (κ2) is 13.9. The van der Waals surface area contributed by atoms with Gasteiger partial charge in [-0.3, -0.25) is 0 Å². The number of hydrogen-bond donors (Lipinski definition) is 0. The predicted octanol–water partition coefficient (Wildman–Crippen LogP) is 16.3. The monoisotopic (exact) mass is 887 g/mol. The van der Waals surface area contributed by atoms with Crippen LogP contribution in [0.5, 0.6) is 0 Å². The lowest BCUT2D eigenvalue weighted by atomic mass is 9.59. The van der Waals surface area contributed by atoms with Gasteiger partial charge in [0.15, 0.2) is 17.5 Å². The molecule has 0 bridgehead atoms. The summed E-state index contributed by atoms with van der Waals surface area (Å²) in [5, 5.41) is 4.85. The van der Waals surface area contributed by atoms with E-state index >= 15 is 0 Å². The third kappa shape index (κ3) is 5.47. The Hall–Kier alpha value is -6.85. The highest BCUT2D eigenvalue weighted by atomic mass is 15.0. The third-order valence-electron chi connectivity index (χ3n) is 19.0. The van der Waals surface area contributed by atoms with Crippen molar-refractivity contribution in [1.29, 1.82) is 0 Å². The van der Waals surface area contributed by atoms with Gasteiger partial charge in [-0.1, -0.05) is 150 Å². The fourth-order valence-corrected chi connectivity index (χ4v) is 12.4. The molecule has 5 heteroatoms. The largest absolute Gasteiger partial charge is 0.309 e. The first-order valence-electron chi connectivity index (χ1n) is 24.5. The van der Waals surface area contributed by atoms with Crippen molar-refractivity contribution < 1.29 is 0 Å². The Bertz CT molecular complexity index is 3490. The number of aromatic nitrogens is 5. The lowest BCUT2D eigenvalue weighted by Gasteiger charge is -2.44. The van der Waals surface area contributed by atoms with Crippen LogP contribution in [-0.2, 0) is 21.7 Å². The fraction of sp³-hybridized carbons (Fsp3) is 0.286. The summed E-state index contributed by atoms with van der Waals surface area (Å²) < 4.78 is 4.88. The number of rotatable bonds is 5. The van der Waals surface area contributed by atoms with E-state index in [1.165, 1.54) is 54.8 Å². The van der Waals surface area contributed by atoms with Gasteiger partial charge in [0.2, 0.25) is 0 Å². The molecule has 68 heavy (non-hydrogen) atoms. The minimum atomic E-state index is -0.0373. The molecule has 0 N–H and O–H groups in total. The van der Waals surface area contributed by atoms with Crippen LogP contribution in [0, 0.1) is 10.8 Å². The van der Waals surface area contributed by atoms with Crippen molar-refractivity contribution in [3.05, 3.63) is 174 Å². The molecule has 7 aromatic carbocycles. The summed E-state index contributed by atoms with van der Waals surface area (Å²) in [6.07, 6.45) is 0. The Balaban J connectivity index is 1.09. The highest BCUT2D eigenvalue weighted by molar-refractivity contribution is 6.12. The maximum atomic E-state index is 5.41. The van der Waals surface area contributed by atoms with Crippen molar-refractivity contribution >= 4 is 43.6 Å². The van der Waals surface area contributed by atoms with Gasteiger partial charge in [0.25, 0.3) is 0 Å². The SMILES string of the molecule is CC1(C)c2cc3c4cc(-c5nc(-c6ccccc6)nc(-c6ccc7c(c6)c6cc8c(cc6n7-c6ccccc6)C(C)(C)C(C)(C)C8(C)C)n5)ccc4n(-c4ccccc4)c3cc2C(C)(C)C1(C)C. The second-order valence-electron chi connectivity index (χ2n) is 23.1. The standard InChI is InChI=1S/C63H61N5/c1-58(2)47-34-45-43-32-39(28-30-51(43)67(41-24-18-14-19-25-41)53(45)36-49(47)60(5,6)62(58,9)10)56-64-55(38-22-16-13-17-23-38)65-57(66-56)40-29-31-52-44(33-40)46-35-48-50(61(7,8)63(11,12)59(48,3)4)37-54(46)68(52)42-26-20-15-21-27-42/h13-37H,1-12H3. The summed E-state index contributed by atoms with van der Waals surface area (Å²) in [7, 11) is 0. The van der Waals surface area contributed by atoms with E-state index in [1.807, 2.05) is 6.07 Å². The zero-order valence-electron chi connectivity index (χ0n) is 41.7. The summed E-state index contributed by atoms with van der Waals surface area (Å²) in [4.78, 5) is 16.0. The van der Waals surface area contributed by atoms with Crippen LogP contribution in [-0.4, -0.2) is 24.1 Å². The van der Waals surface area contributed by atoms with Crippen molar-refractivity contribution in [3.63, 3.8) is 0 Å². The van der Waals surface area contributed by atoms with E-state index in [9.17, 15) is 0 Å². The summed E-state index contributed by atoms with van der Waals surface area (Å²) in [6, 6.07) is 55.4. The predicted molar refractivity (Wildman–Crippen MR) is 284 cm³/mol. The van der Waals surface area contributed by atoms with E-state index in [1.54, 1.807) is 0 Å². The summed E-state index contributed by atoms with van der Waals surface area (Å²) in [5.41, 5.74) is 15.6.